The third-order valence-corrected chi connectivity index (χ3v) is 4.87. The van der Waals surface area contributed by atoms with Gasteiger partial charge in [-0.25, -0.2) is 23.5 Å². The standard InChI is InChI=1S/C20H24F2N4O2/c1-2-15-4-6-16(7-5-15)13-28-19(27)26-11-8-17(20(21,22)14-26)12-25-18-23-9-3-10-24-18/h3-7,9-10,17H,2,8,11-14H2,1H3,(H,23,24,25)/t17-/m1/s1. The number of carbonyl (C=O) groups is 1. The minimum atomic E-state index is -3.01. The highest BCUT2D eigenvalue weighted by Gasteiger charge is 2.46. The Bertz CT molecular complexity index is 772. The van der Waals surface area contributed by atoms with Crippen molar-refractivity contribution in [3.63, 3.8) is 0 Å². The summed E-state index contributed by atoms with van der Waals surface area (Å²) in [5.74, 6) is -3.60. The van der Waals surface area contributed by atoms with E-state index >= 15 is 0 Å². The molecule has 1 amide bonds. The van der Waals surface area contributed by atoms with Crippen LogP contribution in [0, 0.1) is 5.92 Å². The molecular formula is C20H24F2N4O2. The van der Waals surface area contributed by atoms with Gasteiger partial charge in [0.05, 0.1) is 6.54 Å². The third-order valence-electron chi connectivity index (χ3n) is 4.87. The van der Waals surface area contributed by atoms with Crippen molar-refractivity contribution in [2.45, 2.75) is 32.3 Å². The molecule has 1 atom stereocenters. The summed E-state index contributed by atoms with van der Waals surface area (Å²) >= 11 is 0. The maximum atomic E-state index is 14.5. The zero-order valence-electron chi connectivity index (χ0n) is 15.8. The first-order chi connectivity index (χ1) is 13.5. The number of rotatable bonds is 6. The van der Waals surface area contributed by atoms with Crippen molar-refractivity contribution < 1.29 is 18.3 Å². The van der Waals surface area contributed by atoms with Crippen LogP contribution in [-0.2, 0) is 17.8 Å². The van der Waals surface area contributed by atoms with Gasteiger partial charge in [0, 0.05) is 31.4 Å². The normalized spacial score (nSPS) is 18.5. The molecule has 0 radical (unpaired) electrons. The van der Waals surface area contributed by atoms with Crippen LogP contribution in [0.4, 0.5) is 19.5 Å². The van der Waals surface area contributed by atoms with Crippen molar-refractivity contribution in [2.75, 3.05) is 25.0 Å². The Morgan fingerprint density at radius 1 is 1.25 bits per heavy atom. The molecule has 1 aliphatic rings. The first-order valence-electron chi connectivity index (χ1n) is 9.36. The second-order valence-corrected chi connectivity index (χ2v) is 6.85. The quantitative estimate of drug-likeness (QED) is 0.814. The fourth-order valence-corrected chi connectivity index (χ4v) is 3.11. The lowest BCUT2D eigenvalue weighted by Gasteiger charge is -2.37. The van der Waals surface area contributed by atoms with E-state index in [9.17, 15) is 13.6 Å². The number of hydrogen-bond acceptors (Lipinski definition) is 5. The molecule has 150 valence electrons. The molecule has 0 aliphatic carbocycles. The Balaban J connectivity index is 1.49. The number of nitrogens with one attached hydrogen (secondary N) is 1. The number of aryl methyl sites for hydroxylation is 1. The topological polar surface area (TPSA) is 67.3 Å². The van der Waals surface area contributed by atoms with E-state index in [1.165, 1.54) is 5.56 Å². The predicted molar refractivity (Wildman–Crippen MR) is 101 cm³/mol. The second-order valence-electron chi connectivity index (χ2n) is 6.85. The monoisotopic (exact) mass is 390 g/mol. The van der Waals surface area contributed by atoms with Gasteiger partial charge in [-0.1, -0.05) is 31.2 Å². The summed E-state index contributed by atoms with van der Waals surface area (Å²) in [7, 11) is 0. The number of anilines is 1. The van der Waals surface area contributed by atoms with Crippen LogP contribution in [0.5, 0.6) is 0 Å². The van der Waals surface area contributed by atoms with Crippen LogP contribution in [-0.4, -0.2) is 46.5 Å². The molecule has 0 spiro atoms. The summed E-state index contributed by atoms with van der Waals surface area (Å²) in [5, 5.41) is 2.83. The number of hydrogen-bond donors (Lipinski definition) is 1. The van der Waals surface area contributed by atoms with Crippen molar-refractivity contribution in [1.82, 2.24) is 14.9 Å². The molecule has 1 fully saturated rings. The number of ether oxygens (including phenoxy) is 1. The van der Waals surface area contributed by atoms with E-state index in [1.807, 2.05) is 24.3 Å². The number of halogens is 2. The highest BCUT2D eigenvalue weighted by molar-refractivity contribution is 5.68. The fourth-order valence-electron chi connectivity index (χ4n) is 3.11. The molecular weight excluding hydrogens is 366 g/mol. The van der Waals surface area contributed by atoms with Gasteiger partial charge in [0.1, 0.15) is 6.61 Å². The number of alkyl halides is 2. The fraction of sp³-hybridized carbons (Fsp3) is 0.450. The van der Waals surface area contributed by atoms with Gasteiger partial charge >= 0.3 is 6.09 Å². The zero-order valence-corrected chi connectivity index (χ0v) is 15.8. The van der Waals surface area contributed by atoms with E-state index in [1.54, 1.807) is 18.5 Å². The van der Waals surface area contributed by atoms with E-state index in [0.29, 0.717) is 5.95 Å². The minimum Gasteiger partial charge on any atom is -0.445 e. The largest absolute Gasteiger partial charge is 0.445 e. The molecule has 3 rings (SSSR count). The zero-order chi connectivity index (χ0) is 20.0. The minimum absolute atomic E-state index is 0.0453. The first-order valence-corrected chi connectivity index (χ1v) is 9.36. The van der Waals surface area contributed by atoms with Gasteiger partial charge in [0.25, 0.3) is 5.92 Å². The van der Waals surface area contributed by atoms with Gasteiger partial charge in [-0.2, -0.15) is 0 Å². The third kappa shape index (κ3) is 5.15. The number of aromatic nitrogens is 2. The molecule has 0 unspecified atom stereocenters. The lowest BCUT2D eigenvalue weighted by Crippen LogP contribution is -2.52. The molecule has 0 bridgehead atoms. The van der Waals surface area contributed by atoms with E-state index < -0.39 is 24.5 Å². The molecule has 8 heteroatoms. The van der Waals surface area contributed by atoms with E-state index in [2.05, 4.69) is 22.2 Å². The average molecular weight is 390 g/mol. The van der Waals surface area contributed by atoms with Crippen LogP contribution < -0.4 is 5.32 Å². The van der Waals surface area contributed by atoms with Crippen LogP contribution in [0.15, 0.2) is 42.7 Å². The van der Waals surface area contributed by atoms with E-state index in [0.717, 1.165) is 16.9 Å². The van der Waals surface area contributed by atoms with E-state index in [-0.39, 0.29) is 26.1 Å². The molecule has 1 N–H and O–H groups in total. The van der Waals surface area contributed by atoms with Crippen molar-refractivity contribution in [2.24, 2.45) is 5.92 Å². The van der Waals surface area contributed by atoms with Crippen LogP contribution in [0.2, 0.25) is 0 Å². The Hall–Kier alpha value is -2.77. The van der Waals surface area contributed by atoms with Crippen LogP contribution in [0.1, 0.15) is 24.5 Å². The molecule has 2 aromatic rings. The van der Waals surface area contributed by atoms with Gasteiger partial charge in [-0.15, -0.1) is 0 Å². The molecule has 1 aliphatic heterocycles. The van der Waals surface area contributed by atoms with Gasteiger partial charge in [-0.05, 0) is 30.0 Å². The van der Waals surface area contributed by atoms with Crippen LogP contribution in [0.25, 0.3) is 0 Å². The molecule has 0 saturated carbocycles. The number of nitrogens with zero attached hydrogens (tertiary/aromatic N) is 3. The van der Waals surface area contributed by atoms with Crippen LogP contribution >= 0.6 is 0 Å². The maximum Gasteiger partial charge on any atom is 0.410 e. The van der Waals surface area contributed by atoms with Gasteiger partial charge in [0.15, 0.2) is 0 Å². The number of benzene rings is 1. The van der Waals surface area contributed by atoms with Crippen molar-refractivity contribution in [1.29, 1.82) is 0 Å². The lowest BCUT2D eigenvalue weighted by atomic mass is 9.93. The number of amides is 1. The summed E-state index contributed by atoms with van der Waals surface area (Å²) < 4.78 is 34.2. The van der Waals surface area contributed by atoms with Gasteiger partial charge < -0.3 is 15.0 Å². The molecule has 2 heterocycles. The predicted octanol–water partition coefficient (Wildman–Crippen LogP) is 3.74. The SMILES string of the molecule is CCc1ccc(COC(=O)N2CC[C@H](CNc3ncccn3)C(F)(F)C2)cc1. The molecule has 6 nitrogen and oxygen atoms in total. The summed E-state index contributed by atoms with van der Waals surface area (Å²) in [6.45, 7) is 1.75. The summed E-state index contributed by atoms with van der Waals surface area (Å²) in [4.78, 5) is 21.2. The molecule has 1 aromatic heterocycles. The summed E-state index contributed by atoms with van der Waals surface area (Å²) in [6, 6.07) is 9.34. The van der Waals surface area contributed by atoms with Crippen molar-refractivity contribution in [3.8, 4) is 0 Å². The Labute approximate surface area is 162 Å². The number of carbonyl (C=O) groups excluding carboxylic acids is 1. The van der Waals surface area contributed by atoms with Gasteiger partial charge in [-0.3, -0.25) is 0 Å². The van der Waals surface area contributed by atoms with Crippen LogP contribution in [0.3, 0.4) is 0 Å². The van der Waals surface area contributed by atoms with E-state index in [4.69, 9.17) is 4.74 Å². The average Bonchev–Trinajstić information content (AvgIpc) is 2.71. The highest BCUT2D eigenvalue weighted by atomic mass is 19.3. The Morgan fingerprint density at radius 2 is 1.93 bits per heavy atom. The highest BCUT2D eigenvalue weighted by Crippen LogP contribution is 2.33. The first kappa shape index (κ1) is 20.0. The van der Waals surface area contributed by atoms with Gasteiger partial charge in [0.2, 0.25) is 5.95 Å². The lowest BCUT2D eigenvalue weighted by molar-refractivity contribution is -0.102. The molecule has 1 saturated heterocycles. The molecule has 28 heavy (non-hydrogen) atoms. The van der Waals surface area contributed by atoms with Crippen molar-refractivity contribution >= 4 is 12.0 Å². The summed E-state index contributed by atoms with van der Waals surface area (Å²) in [6.07, 6.45) is 3.48. The van der Waals surface area contributed by atoms with Crippen molar-refractivity contribution in [3.05, 3.63) is 53.9 Å². The summed E-state index contributed by atoms with van der Waals surface area (Å²) in [5.41, 5.74) is 2.02. The number of likely N-dealkylation sites (tertiary alicyclic amines) is 1. The maximum absolute atomic E-state index is 14.5. The number of piperidine rings is 1. The second kappa shape index (κ2) is 8.95. The Morgan fingerprint density at radius 3 is 2.57 bits per heavy atom. The Kier molecular flexibility index (Phi) is 6.38. The smallest absolute Gasteiger partial charge is 0.410 e. The molecule has 1 aromatic carbocycles.